The van der Waals surface area contributed by atoms with Crippen molar-refractivity contribution in [1.82, 2.24) is 15.1 Å². The molecule has 0 fully saturated rings. The van der Waals surface area contributed by atoms with Gasteiger partial charge in [0.25, 0.3) is 0 Å². The van der Waals surface area contributed by atoms with E-state index in [1.54, 1.807) is 23.1 Å². The summed E-state index contributed by atoms with van der Waals surface area (Å²) < 4.78 is 20.1. The van der Waals surface area contributed by atoms with Gasteiger partial charge in [-0.3, -0.25) is 4.68 Å². The first-order valence-electron chi connectivity index (χ1n) is 6.90. The molecule has 0 aliphatic heterocycles. The van der Waals surface area contributed by atoms with Crippen LogP contribution in [0.2, 0.25) is 0 Å². The highest BCUT2D eigenvalue weighted by molar-refractivity contribution is 5.88. The number of methoxy groups -OCH3 is 1. The smallest absolute Gasteiger partial charge is 0.319 e. The van der Waals surface area contributed by atoms with Gasteiger partial charge in [-0.25, -0.2) is 9.18 Å². The van der Waals surface area contributed by atoms with Gasteiger partial charge in [-0.05, 0) is 31.5 Å². The van der Waals surface area contributed by atoms with Crippen LogP contribution in [0, 0.1) is 5.82 Å². The molecule has 0 atom stereocenters. The van der Waals surface area contributed by atoms with Gasteiger partial charge in [-0.15, -0.1) is 0 Å². The van der Waals surface area contributed by atoms with E-state index < -0.39 is 5.82 Å². The summed E-state index contributed by atoms with van der Waals surface area (Å²) in [6.45, 7) is 4.18. The molecule has 7 heteroatoms. The monoisotopic (exact) mass is 306 g/mol. The molecule has 0 aliphatic carbocycles. The number of hydrogen-bond acceptors (Lipinski definition) is 3. The van der Waals surface area contributed by atoms with E-state index in [4.69, 9.17) is 4.74 Å². The van der Waals surface area contributed by atoms with Gasteiger partial charge in [0.15, 0.2) is 0 Å². The summed E-state index contributed by atoms with van der Waals surface area (Å²) in [6, 6.07) is 4.13. The summed E-state index contributed by atoms with van der Waals surface area (Å²) >= 11 is 0. The standard InChI is InChI=1S/C15H19FN4O2/c1-10(2)20-9-13(8-18-20)19-15(21)17-7-11-4-12(16)6-14(5-11)22-3/h4-6,8-10H,7H2,1-3H3,(H2,17,19,21). The average molecular weight is 306 g/mol. The van der Waals surface area contributed by atoms with Crippen LogP contribution in [0.25, 0.3) is 0 Å². The minimum absolute atomic E-state index is 0.193. The normalized spacial score (nSPS) is 10.6. The quantitative estimate of drug-likeness (QED) is 0.892. The molecule has 1 aromatic heterocycles. The van der Waals surface area contributed by atoms with E-state index >= 15 is 0 Å². The van der Waals surface area contributed by atoms with Crippen molar-refractivity contribution in [2.75, 3.05) is 12.4 Å². The van der Waals surface area contributed by atoms with Crippen molar-refractivity contribution in [2.24, 2.45) is 0 Å². The lowest BCUT2D eigenvalue weighted by molar-refractivity contribution is 0.251. The van der Waals surface area contributed by atoms with Gasteiger partial charge in [0, 0.05) is 24.8 Å². The fraction of sp³-hybridized carbons (Fsp3) is 0.333. The third-order valence-electron chi connectivity index (χ3n) is 3.01. The zero-order valence-electron chi connectivity index (χ0n) is 12.8. The van der Waals surface area contributed by atoms with Crippen LogP contribution in [-0.4, -0.2) is 22.9 Å². The molecular weight excluding hydrogens is 287 g/mol. The molecule has 6 nitrogen and oxygen atoms in total. The Hall–Kier alpha value is -2.57. The summed E-state index contributed by atoms with van der Waals surface area (Å²) in [7, 11) is 1.46. The van der Waals surface area contributed by atoms with Crippen molar-refractivity contribution in [3.63, 3.8) is 0 Å². The van der Waals surface area contributed by atoms with E-state index in [0.29, 0.717) is 17.0 Å². The Morgan fingerprint density at radius 2 is 2.18 bits per heavy atom. The summed E-state index contributed by atoms with van der Waals surface area (Å²) in [4.78, 5) is 11.8. The van der Waals surface area contributed by atoms with E-state index in [0.717, 1.165) is 0 Å². The highest BCUT2D eigenvalue weighted by Gasteiger charge is 2.07. The summed E-state index contributed by atoms with van der Waals surface area (Å²) in [6.07, 6.45) is 3.32. The first-order valence-corrected chi connectivity index (χ1v) is 6.90. The largest absolute Gasteiger partial charge is 0.497 e. The topological polar surface area (TPSA) is 68.2 Å². The number of carbonyl (C=O) groups excluding carboxylic acids is 1. The Bertz CT molecular complexity index is 655. The number of ether oxygens (including phenoxy) is 1. The maximum atomic E-state index is 13.3. The summed E-state index contributed by atoms with van der Waals surface area (Å²) in [5.41, 5.74) is 1.22. The lowest BCUT2D eigenvalue weighted by Gasteiger charge is -2.08. The van der Waals surface area contributed by atoms with Crippen molar-refractivity contribution in [3.8, 4) is 5.75 Å². The summed E-state index contributed by atoms with van der Waals surface area (Å²) in [5, 5.41) is 9.46. The van der Waals surface area contributed by atoms with Crippen molar-refractivity contribution < 1.29 is 13.9 Å². The summed E-state index contributed by atoms with van der Waals surface area (Å²) in [5.74, 6) is 0.00480. The Kier molecular flexibility index (Phi) is 4.98. The Morgan fingerprint density at radius 3 is 2.82 bits per heavy atom. The number of urea groups is 1. The van der Waals surface area contributed by atoms with Gasteiger partial charge in [0.2, 0.25) is 0 Å². The van der Waals surface area contributed by atoms with E-state index in [-0.39, 0.29) is 18.6 Å². The predicted molar refractivity (Wildman–Crippen MR) is 81.4 cm³/mol. The fourth-order valence-corrected chi connectivity index (χ4v) is 1.88. The average Bonchev–Trinajstić information content (AvgIpc) is 2.93. The molecule has 0 unspecified atom stereocenters. The molecule has 2 amide bonds. The van der Waals surface area contributed by atoms with Crippen LogP contribution in [0.15, 0.2) is 30.6 Å². The Morgan fingerprint density at radius 1 is 1.41 bits per heavy atom. The van der Waals surface area contributed by atoms with Gasteiger partial charge in [0.05, 0.1) is 19.0 Å². The van der Waals surface area contributed by atoms with Gasteiger partial charge >= 0.3 is 6.03 Å². The minimum atomic E-state index is -0.408. The minimum Gasteiger partial charge on any atom is -0.497 e. The zero-order valence-corrected chi connectivity index (χ0v) is 12.8. The molecule has 0 aliphatic rings. The molecule has 2 N–H and O–H groups in total. The Balaban J connectivity index is 1.91. The molecule has 118 valence electrons. The van der Waals surface area contributed by atoms with Crippen LogP contribution in [0.4, 0.5) is 14.9 Å². The number of anilines is 1. The lowest BCUT2D eigenvalue weighted by atomic mass is 10.2. The number of nitrogens with zero attached hydrogens (tertiary/aromatic N) is 2. The maximum absolute atomic E-state index is 13.3. The molecule has 0 saturated heterocycles. The van der Waals surface area contributed by atoms with E-state index in [2.05, 4.69) is 15.7 Å². The Labute approximate surface area is 128 Å². The number of carbonyl (C=O) groups is 1. The van der Waals surface area contributed by atoms with Crippen molar-refractivity contribution in [3.05, 3.63) is 42.0 Å². The van der Waals surface area contributed by atoms with Gasteiger partial charge in [-0.1, -0.05) is 0 Å². The van der Waals surface area contributed by atoms with Crippen LogP contribution < -0.4 is 15.4 Å². The van der Waals surface area contributed by atoms with Gasteiger partial charge < -0.3 is 15.4 Å². The van der Waals surface area contributed by atoms with Crippen LogP contribution in [0.5, 0.6) is 5.75 Å². The predicted octanol–water partition coefficient (Wildman–Crippen LogP) is 2.93. The number of hydrogen-bond donors (Lipinski definition) is 2. The van der Waals surface area contributed by atoms with Gasteiger partial charge in [0.1, 0.15) is 11.6 Å². The highest BCUT2D eigenvalue weighted by Crippen LogP contribution is 2.16. The first kappa shape index (κ1) is 15.8. The zero-order chi connectivity index (χ0) is 16.1. The molecule has 1 heterocycles. The third-order valence-corrected chi connectivity index (χ3v) is 3.01. The number of halogens is 1. The molecule has 0 saturated carbocycles. The molecule has 1 aromatic carbocycles. The number of aromatic nitrogens is 2. The molecule has 0 bridgehead atoms. The van der Waals surface area contributed by atoms with Crippen LogP contribution in [0.3, 0.4) is 0 Å². The number of rotatable bonds is 5. The molecule has 22 heavy (non-hydrogen) atoms. The number of benzene rings is 1. The van der Waals surface area contributed by atoms with Crippen LogP contribution >= 0.6 is 0 Å². The molecule has 2 aromatic rings. The molecule has 0 spiro atoms. The van der Waals surface area contributed by atoms with Crippen molar-refractivity contribution in [1.29, 1.82) is 0 Å². The second-order valence-electron chi connectivity index (χ2n) is 5.11. The maximum Gasteiger partial charge on any atom is 0.319 e. The molecule has 2 rings (SSSR count). The van der Waals surface area contributed by atoms with Crippen molar-refractivity contribution >= 4 is 11.7 Å². The van der Waals surface area contributed by atoms with Crippen molar-refractivity contribution in [2.45, 2.75) is 26.4 Å². The third kappa shape index (κ3) is 4.21. The van der Waals surface area contributed by atoms with E-state index in [9.17, 15) is 9.18 Å². The lowest BCUT2D eigenvalue weighted by Crippen LogP contribution is -2.28. The number of nitrogens with one attached hydrogen (secondary N) is 2. The van der Waals surface area contributed by atoms with Crippen LogP contribution in [-0.2, 0) is 6.54 Å². The SMILES string of the molecule is COc1cc(F)cc(CNC(=O)Nc2cnn(C(C)C)c2)c1. The van der Waals surface area contributed by atoms with Crippen LogP contribution in [0.1, 0.15) is 25.5 Å². The van der Waals surface area contributed by atoms with E-state index in [1.807, 2.05) is 13.8 Å². The van der Waals surface area contributed by atoms with Gasteiger partial charge in [-0.2, -0.15) is 5.10 Å². The number of amides is 2. The fourth-order valence-electron chi connectivity index (χ4n) is 1.88. The van der Waals surface area contributed by atoms with E-state index in [1.165, 1.54) is 19.2 Å². The second kappa shape index (κ2) is 6.93. The molecule has 0 radical (unpaired) electrons. The first-order chi connectivity index (χ1) is 10.5. The highest BCUT2D eigenvalue weighted by atomic mass is 19.1. The molecular formula is C15H19FN4O2. The second-order valence-corrected chi connectivity index (χ2v) is 5.11.